The number of halogens is 2. The number of aromatic nitrogens is 1. The van der Waals surface area contributed by atoms with Gasteiger partial charge < -0.3 is 20.0 Å². The minimum absolute atomic E-state index is 0. The molecule has 0 unspecified atom stereocenters. The van der Waals surface area contributed by atoms with Crippen molar-refractivity contribution in [2.75, 3.05) is 51.2 Å². The monoisotopic (exact) mass is 574 g/mol. The van der Waals surface area contributed by atoms with Crippen LogP contribution >= 0.6 is 35.6 Å². The van der Waals surface area contributed by atoms with E-state index in [0.29, 0.717) is 12.4 Å². The van der Waals surface area contributed by atoms with Crippen molar-refractivity contribution in [2.24, 2.45) is 4.99 Å². The second-order valence-electron chi connectivity index (χ2n) is 8.88. The summed E-state index contributed by atoms with van der Waals surface area (Å²) < 4.78 is 5.82. The Kier molecular flexibility index (Phi) is 10.6. The third kappa shape index (κ3) is 8.12. The molecule has 1 aromatic carbocycles. The van der Waals surface area contributed by atoms with Crippen LogP contribution in [0.2, 0.25) is 5.02 Å². The van der Waals surface area contributed by atoms with Gasteiger partial charge in [0.1, 0.15) is 5.76 Å². The molecule has 3 rings (SSSR count). The fourth-order valence-electron chi connectivity index (χ4n) is 3.53. The first kappa shape index (κ1) is 26.7. The van der Waals surface area contributed by atoms with E-state index < -0.39 is 0 Å². The molecule has 1 aliphatic rings. The van der Waals surface area contributed by atoms with Gasteiger partial charge in [0.25, 0.3) is 0 Å². The molecule has 2 N–H and O–H groups in total. The highest BCUT2D eigenvalue weighted by atomic mass is 127. The van der Waals surface area contributed by atoms with E-state index >= 15 is 0 Å². The van der Waals surface area contributed by atoms with Crippen LogP contribution < -0.4 is 15.5 Å². The second-order valence-corrected chi connectivity index (χ2v) is 9.32. The fraction of sp³-hybridized carbons (Fsp3) is 0.565. The number of piperazine rings is 1. The van der Waals surface area contributed by atoms with Gasteiger partial charge in [0.15, 0.2) is 5.96 Å². The van der Waals surface area contributed by atoms with Crippen LogP contribution in [0.3, 0.4) is 0 Å². The van der Waals surface area contributed by atoms with Crippen molar-refractivity contribution >= 4 is 47.2 Å². The third-order valence-corrected chi connectivity index (χ3v) is 5.65. The SMILES string of the molecule is CN=C(NCCCN1CCN(c2cccc(Cl)c2)CC1)NCc1ncc(C(C)(C)C)o1.I. The number of guanidine groups is 1. The Labute approximate surface area is 214 Å². The molecule has 1 fully saturated rings. The van der Waals surface area contributed by atoms with Gasteiger partial charge in [-0.05, 0) is 31.2 Å². The largest absolute Gasteiger partial charge is 0.443 e. The van der Waals surface area contributed by atoms with E-state index in [2.05, 4.69) is 57.2 Å². The number of anilines is 1. The fourth-order valence-corrected chi connectivity index (χ4v) is 3.72. The van der Waals surface area contributed by atoms with E-state index in [-0.39, 0.29) is 29.4 Å². The van der Waals surface area contributed by atoms with E-state index in [1.807, 2.05) is 18.2 Å². The minimum atomic E-state index is -0.0369. The maximum Gasteiger partial charge on any atom is 0.213 e. The standard InChI is InChI=1S/C23H35ClN6O.HI/c1-23(2,3)20-16-27-21(31-20)17-28-22(25-4)26-9-6-10-29-11-13-30(14-12-29)19-8-5-7-18(24)15-19;/h5,7-8,15-16H,6,9-14,17H2,1-4H3,(H2,25,26,28);1H. The normalized spacial score (nSPS) is 15.4. The van der Waals surface area contributed by atoms with Crippen LogP contribution in [0, 0.1) is 0 Å². The molecule has 1 aliphatic heterocycles. The topological polar surface area (TPSA) is 68.9 Å². The number of hydrogen-bond acceptors (Lipinski definition) is 5. The molecule has 0 bridgehead atoms. The molecule has 9 heteroatoms. The van der Waals surface area contributed by atoms with Gasteiger partial charge in [-0.2, -0.15) is 0 Å². The zero-order valence-corrected chi connectivity index (χ0v) is 22.6. The first-order valence-electron chi connectivity index (χ1n) is 11.0. The molecule has 0 amide bonds. The summed E-state index contributed by atoms with van der Waals surface area (Å²) in [6.45, 7) is 13.0. The smallest absolute Gasteiger partial charge is 0.213 e. The van der Waals surface area contributed by atoms with Crippen LogP contribution in [-0.4, -0.2) is 62.2 Å². The number of benzene rings is 1. The third-order valence-electron chi connectivity index (χ3n) is 5.41. The van der Waals surface area contributed by atoms with E-state index in [9.17, 15) is 0 Å². The zero-order chi connectivity index (χ0) is 22.3. The lowest BCUT2D eigenvalue weighted by Crippen LogP contribution is -2.47. The van der Waals surface area contributed by atoms with Crippen LogP contribution in [0.15, 0.2) is 39.9 Å². The molecular formula is C23H36ClIN6O. The Hall–Kier alpha value is -1.52. The Morgan fingerprint density at radius 3 is 2.56 bits per heavy atom. The van der Waals surface area contributed by atoms with Crippen LogP contribution in [0.4, 0.5) is 5.69 Å². The first-order chi connectivity index (χ1) is 14.8. The highest BCUT2D eigenvalue weighted by molar-refractivity contribution is 14.0. The van der Waals surface area contributed by atoms with Crippen molar-refractivity contribution in [3.8, 4) is 0 Å². The maximum absolute atomic E-state index is 6.12. The number of hydrogen-bond donors (Lipinski definition) is 2. The first-order valence-corrected chi connectivity index (χ1v) is 11.4. The molecule has 7 nitrogen and oxygen atoms in total. The summed E-state index contributed by atoms with van der Waals surface area (Å²) >= 11 is 6.12. The number of aliphatic imine (C=N–C) groups is 1. The van der Waals surface area contributed by atoms with Gasteiger partial charge in [-0.3, -0.25) is 9.89 Å². The van der Waals surface area contributed by atoms with Crippen molar-refractivity contribution in [1.82, 2.24) is 20.5 Å². The lowest BCUT2D eigenvalue weighted by Gasteiger charge is -2.36. The molecule has 0 spiro atoms. The van der Waals surface area contributed by atoms with Gasteiger partial charge in [-0.25, -0.2) is 4.98 Å². The highest BCUT2D eigenvalue weighted by Gasteiger charge is 2.19. The summed E-state index contributed by atoms with van der Waals surface area (Å²) in [6, 6.07) is 8.11. The summed E-state index contributed by atoms with van der Waals surface area (Å²) in [5.41, 5.74) is 1.18. The number of nitrogens with zero attached hydrogens (tertiary/aromatic N) is 4. The van der Waals surface area contributed by atoms with Gasteiger partial charge in [0.2, 0.25) is 5.89 Å². The number of oxazole rings is 1. The zero-order valence-electron chi connectivity index (χ0n) is 19.5. The van der Waals surface area contributed by atoms with Crippen LogP contribution in [-0.2, 0) is 12.0 Å². The Balaban J connectivity index is 0.00000363. The Bertz CT molecular complexity index is 858. The maximum atomic E-state index is 6.12. The van der Waals surface area contributed by atoms with Gasteiger partial charge in [0.05, 0.1) is 12.7 Å². The summed E-state index contributed by atoms with van der Waals surface area (Å²) in [5.74, 6) is 2.33. The predicted octanol–water partition coefficient (Wildman–Crippen LogP) is 4.12. The minimum Gasteiger partial charge on any atom is -0.443 e. The molecule has 178 valence electrons. The molecule has 2 aromatic rings. The molecule has 0 aliphatic carbocycles. The number of rotatable bonds is 7. The molecule has 1 aromatic heterocycles. The van der Waals surface area contributed by atoms with E-state index in [1.54, 1.807) is 13.2 Å². The number of nitrogens with one attached hydrogen (secondary N) is 2. The lowest BCUT2D eigenvalue weighted by atomic mass is 9.94. The summed E-state index contributed by atoms with van der Waals surface area (Å²) in [4.78, 5) is 13.6. The van der Waals surface area contributed by atoms with Crippen LogP contribution in [0.1, 0.15) is 38.8 Å². The highest BCUT2D eigenvalue weighted by Crippen LogP contribution is 2.22. The van der Waals surface area contributed by atoms with Crippen molar-refractivity contribution in [2.45, 2.75) is 39.2 Å². The van der Waals surface area contributed by atoms with E-state index in [1.165, 1.54) is 5.69 Å². The van der Waals surface area contributed by atoms with Crippen LogP contribution in [0.5, 0.6) is 0 Å². The van der Waals surface area contributed by atoms with E-state index in [4.69, 9.17) is 16.0 Å². The average molecular weight is 575 g/mol. The van der Waals surface area contributed by atoms with Gasteiger partial charge in [-0.15, -0.1) is 24.0 Å². The second kappa shape index (κ2) is 12.6. The van der Waals surface area contributed by atoms with Crippen molar-refractivity contribution in [3.63, 3.8) is 0 Å². The van der Waals surface area contributed by atoms with Crippen molar-refractivity contribution in [1.29, 1.82) is 0 Å². The molecule has 0 radical (unpaired) electrons. The summed E-state index contributed by atoms with van der Waals surface area (Å²) in [7, 11) is 1.78. The molecule has 32 heavy (non-hydrogen) atoms. The molecule has 2 heterocycles. The van der Waals surface area contributed by atoms with Crippen LogP contribution in [0.25, 0.3) is 0 Å². The summed E-state index contributed by atoms with van der Waals surface area (Å²) in [5, 5.41) is 7.44. The molecule has 0 atom stereocenters. The Morgan fingerprint density at radius 2 is 1.94 bits per heavy atom. The molecular weight excluding hydrogens is 539 g/mol. The Morgan fingerprint density at radius 1 is 1.19 bits per heavy atom. The van der Waals surface area contributed by atoms with Gasteiger partial charge in [0, 0.05) is 55.9 Å². The van der Waals surface area contributed by atoms with Crippen molar-refractivity contribution < 1.29 is 4.42 Å². The van der Waals surface area contributed by atoms with Gasteiger partial charge >= 0.3 is 0 Å². The van der Waals surface area contributed by atoms with Gasteiger partial charge in [-0.1, -0.05) is 38.4 Å². The van der Waals surface area contributed by atoms with E-state index in [0.717, 1.165) is 62.4 Å². The summed E-state index contributed by atoms with van der Waals surface area (Å²) in [6.07, 6.45) is 2.87. The average Bonchev–Trinajstić information content (AvgIpc) is 3.23. The quantitative estimate of drug-likeness (QED) is 0.224. The predicted molar refractivity (Wildman–Crippen MR) is 144 cm³/mol. The molecule has 1 saturated heterocycles. The lowest BCUT2D eigenvalue weighted by molar-refractivity contribution is 0.255. The molecule has 0 saturated carbocycles. The van der Waals surface area contributed by atoms with Crippen molar-refractivity contribution in [3.05, 3.63) is 47.1 Å².